The van der Waals surface area contributed by atoms with Crippen LogP contribution in [0.3, 0.4) is 0 Å². The zero-order valence-electron chi connectivity index (χ0n) is 11.4. The van der Waals surface area contributed by atoms with Gasteiger partial charge in [-0.2, -0.15) is 0 Å². The van der Waals surface area contributed by atoms with Crippen LogP contribution in [-0.4, -0.2) is 16.4 Å². The Balaban J connectivity index is 3.05. The number of hydrogen-bond acceptors (Lipinski definition) is 4. The Labute approximate surface area is 112 Å². The number of benzene rings is 1. The van der Waals surface area contributed by atoms with Crippen LogP contribution in [0.15, 0.2) is 18.2 Å². The van der Waals surface area contributed by atoms with E-state index in [1.54, 1.807) is 0 Å². The smallest absolute Gasteiger partial charge is 0.282 e. The second-order valence-corrected chi connectivity index (χ2v) is 5.12. The molecule has 6 heteroatoms. The maximum Gasteiger partial charge on any atom is 0.282 e. The summed E-state index contributed by atoms with van der Waals surface area (Å²) in [6.07, 6.45) is 1.70. The van der Waals surface area contributed by atoms with Crippen molar-refractivity contribution >= 4 is 17.3 Å². The fourth-order valence-corrected chi connectivity index (χ4v) is 1.96. The zero-order chi connectivity index (χ0) is 14.6. The van der Waals surface area contributed by atoms with Crippen LogP contribution in [0.4, 0.5) is 11.4 Å². The first-order chi connectivity index (χ1) is 8.76. The number of nitro benzene ring substituents is 1. The lowest BCUT2D eigenvalue weighted by Gasteiger charge is -2.25. The number of nitrogen functional groups attached to an aromatic ring is 1. The maximum atomic E-state index is 12.1. The molecular weight excluding hydrogens is 246 g/mol. The van der Waals surface area contributed by atoms with Crippen LogP contribution in [0.25, 0.3) is 0 Å². The van der Waals surface area contributed by atoms with Gasteiger partial charge >= 0.3 is 0 Å². The van der Waals surface area contributed by atoms with Gasteiger partial charge in [0.05, 0.1) is 4.92 Å². The number of anilines is 1. The highest BCUT2D eigenvalue weighted by Gasteiger charge is 2.25. The van der Waals surface area contributed by atoms with Crippen LogP contribution in [0.5, 0.6) is 0 Å². The third-order valence-electron chi connectivity index (χ3n) is 2.79. The van der Waals surface area contributed by atoms with Crippen molar-refractivity contribution in [3.8, 4) is 0 Å². The van der Waals surface area contributed by atoms with Crippen molar-refractivity contribution in [2.24, 2.45) is 0 Å². The van der Waals surface area contributed by atoms with Crippen molar-refractivity contribution < 1.29 is 9.72 Å². The summed E-state index contributed by atoms with van der Waals surface area (Å²) >= 11 is 0. The fraction of sp³-hybridized carbons (Fsp3) is 0.462. The predicted octanol–water partition coefficient (Wildman–Crippen LogP) is 2.49. The summed E-state index contributed by atoms with van der Waals surface area (Å²) in [6.45, 7) is 5.77. The van der Waals surface area contributed by atoms with Gasteiger partial charge in [-0.25, -0.2) is 0 Å². The molecule has 1 amide bonds. The highest BCUT2D eigenvalue weighted by atomic mass is 16.6. The van der Waals surface area contributed by atoms with E-state index < -0.39 is 16.4 Å². The van der Waals surface area contributed by atoms with E-state index in [1.165, 1.54) is 18.2 Å². The molecule has 0 heterocycles. The molecule has 19 heavy (non-hydrogen) atoms. The molecule has 6 nitrogen and oxygen atoms in total. The molecule has 1 aromatic carbocycles. The Morgan fingerprint density at radius 3 is 2.63 bits per heavy atom. The summed E-state index contributed by atoms with van der Waals surface area (Å²) in [6, 6.07) is 3.98. The highest BCUT2D eigenvalue weighted by Crippen LogP contribution is 2.22. The summed E-state index contributed by atoms with van der Waals surface area (Å²) in [5, 5.41) is 13.7. The lowest BCUT2D eigenvalue weighted by molar-refractivity contribution is -0.385. The van der Waals surface area contributed by atoms with Crippen molar-refractivity contribution in [3.63, 3.8) is 0 Å². The standard InChI is InChI=1S/C13H19N3O3/c1-4-7-13(2,3)15-12(17)10-8-9(14)5-6-11(10)16(18)19/h5-6,8H,4,7,14H2,1-3H3,(H,15,17). The largest absolute Gasteiger partial charge is 0.399 e. The van der Waals surface area contributed by atoms with Crippen molar-refractivity contribution in [2.75, 3.05) is 5.73 Å². The Morgan fingerprint density at radius 2 is 2.11 bits per heavy atom. The Hall–Kier alpha value is -2.11. The van der Waals surface area contributed by atoms with Crippen LogP contribution < -0.4 is 11.1 Å². The van der Waals surface area contributed by atoms with Gasteiger partial charge in [-0.1, -0.05) is 13.3 Å². The molecule has 0 aromatic heterocycles. The molecule has 0 unspecified atom stereocenters. The van der Waals surface area contributed by atoms with Gasteiger partial charge < -0.3 is 11.1 Å². The lowest BCUT2D eigenvalue weighted by atomic mass is 9.98. The Morgan fingerprint density at radius 1 is 1.47 bits per heavy atom. The lowest BCUT2D eigenvalue weighted by Crippen LogP contribution is -2.43. The van der Waals surface area contributed by atoms with E-state index in [0.29, 0.717) is 5.69 Å². The molecule has 0 fully saturated rings. The molecular formula is C13H19N3O3. The van der Waals surface area contributed by atoms with E-state index in [0.717, 1.165) is 12.8 Å². The summed E-state index contributed by atoms with van der Waals surface area (Å²) < 4.78 is 0. The van der Waals surface area contributed by atoms with Crippen LogP contribution in [0, 0.1) is 10.1 Å². The van der Waals surface area contributed by atoms with E-state index in [4.69, 9.17) is 5.73 Å². The first-order valence-electron chi connectivity index (χ1n) is 6.13. The number of nitro groups is 1. The number of carbonyl (C=O) groups excluding carboxylic acids is 1. The Kier molecular flexibility index (Phi) is 4.47. The number of rotatable bonds is 5. The molecule has 0 aliphatic carbocycles. The van der Waals surface area contributed by atoms with Crippen LogP contribution >= 0.6 is 0 Å². The average molecular weight is 265 g/mol. The molecule has 0 atom stereocenters. The molecule has 0 spiro atoms. The average Bonchev–Trinajstić information content (AvgIpc) is 2.27. The zero-order valence-corrected chi connectivity index (χ0v) is 11.4. The number of hydrogen-bond donors (Lipinski definition) is 2. The molecule has 0 saturated carbocycles. The Bertz CT molecular complexity index is 498. The van der Waals surface area contributed by atoms with Crippen molar-refractivity contribution in [2.45, 2.75) is 39.2 Å². The number of nitrogens with zero attached hydrogens (tertiary/aromatic N) is 1. The monoisotopic (exact) mass is 265 g/mol. The van der Waals surface area contributed by atoms with E-state index in [9.17, 15) is 14.9 Å². The van der Waals surface area contributed by atoms with Crippen molar-refractivity contribution in [3.05, 3.63) is 33.9 Å². The molecule has 0 aliphatic rings. The molecule has 0 saturated heterocycles. The van der Waals surface area contributed by atoms with Gasteiger partial charge in [0.15, 0.2) is 0 Å². The van der Waals surface area contributed by atoms with Gasteiger partial charge in [0.2, 0.25) is 0 Å². The second-order valence-electron chi connectivity index (χ2n) is 5.12. The van der Waals surface area contributed by atoms with E-state index in [2.05, 4.69) is 5.32 Å². The SMILES string of the molecule is CCCC(C)(C)NC(=O)c1cc(N)ccc1[N+](=O)[O-]. The van der Waals surface area contributed by atoms with Gasteiger partial charge in [0, 0.05) is 17.3 Å². The second kappa shape index (κ2) is 5.69. The molecule has 1 aromatic rings. The highest BCUT2D eigenvalue weighted by molar-refractivity contribution is 5.99. The van der Waals surface area contributed by atoms with Gasteiger partial charge in [-0.05, 0) is 32.4 Å². The summed E-state index contributed by atoms with van der Waals surface area (Å²) in [5.41, 5.74) is 5.25. The first kappa shape index (κ1) is 14.9. The number of carbonyl (C=O) groups is 1. The molecule has 1 rings (SSSR count). The van der Waals surface area contributed by atoms with Crippen molar-refractivity contribution in [1.29, 1.82) is 0 Å². The minimum absolute atomic E-state index is 0.00539. The minimum atomic E-state index is -0.582. The maximum absolute atomic E-state index is 12.1. The number of nitrogens with two attached hydrogens (primary N) is 1. The predicted molar refractivity (Wildman–Crippen MR) is 74.0 cm³/mol. The topological polar surface area (TPSA) is 98.3 Å². The normalized spacial score (nSPS) is 11.1. The van der Waals surface area contributed by atoms with Gasteiger partial charge in [-0.15, -0.1) is 0 Å². The first-order valence-corrected chi connectivity index (χ1v) is 6.13. The van der Waals surface area contributed by atoms with Crippen LogP contribution in [0.1, 0.15) is 44.0 Å². The third-order valence-corrected chi connectivity index (χ3v) is 2.79. The van der Waals surface area contributed by atoms with Crippen LogP contribution in [-0.2, 0) is 0 Å². The molecule has 104 valence electrons. The van der Waals surface area contributed by atoms with Crippen LogP contribution in [0.2, 0.25) is 0 Å². The molecule has 0 radical (unpaired) electrons. The number of nitrogens with one attached hydrogen (secondary N) is 1. The molecule has 0 bridgehead atoms. The van der Waals surface area contributed by atoms with Crippen molar-refractivity contribution in [1.82, 2.24) is 5.32 Å². The van der Waals surface area contributed by atoms with E-state index in [-0.39, 0.29) is 11.3 Å². The quantitative estimate of drug-likeness (QED) is 0.485. The summed E-state index contributed by atoms with van der Waals surface area (Å²) in [5.74, 6) is -0.475. The minimum Gasteiger partial charge on any atom is -0.399 e. The van der Waals surface area contributed by atoms with Gasteiger partial charge in [-0.3, -0.25) is 14.9 Å². The fourth-order valence-electron chi connectivity index (χ4n) is 1.96. The summed E-state index contributed by atoms with van der Waals surface area (Å²) in [4.78, 5) is 22.5. The molecule has 0 aliphatic heterocycles. The van der Waals surface area contributed by atoms with E-state index >= 15 is 0 Å². The van der Waals surface area contributed by atoms with Gasteiger partial charge in [0.1, 0.15) is 5.56 Å². The van der Waals surface area contributed by atoms with E-state index in [1.807, 2.05) is 20.8 Å². The van der Waals surface area contributed by atoms with Gasteiger partial charge in [0.25, 0.3) is 11.6 Å². The third kappa shape index (κ3) is 3.94. The summed E-state index contributed by atoms with van der Waals surface area (Å²) in [7, 11) is 0. The number of amides is 1. The molecule has 3 N–H and O–H groups in total.